The molecule has 0 saturated carbocycles. The lowest BCUT2D eigenvalue weighted by Gasteiger charge is -2.32. The van der Waals surface area contributed by atoms with Gasteiger partial charge in [-0.1, -0.05) is 0 Å². The van der Waals surface area contributed by atoms with Crippen molar-refractivity contribution in [2.24, 2.45) is 0 Å². The van der Waals surface area contributed by atoms with Crippen LogP contribution < -0.4 is 5.48 Å². The van der Waals surface area contributed by atoms with Crippen LogP contribution in [0.25, 0.3) is 0 Å². The van der Waals surface area contributed by atoms with Gasteiger partial charge in [0.1, 0.15) is 5.83 Å². The Balaban J connectivity index is 1.71. The highest BCUT2D eigenvalue weighted by atomic mass is 32.2. The van der Waals surface area contributed by atoms with E-state index >= 15 is 0 Å². The molecule has 0 aliphatic carbocycles. The van der Waals surface area contributed by atoms with Crippen LogP contribution in [0.5, 0.6) is 0 Å². The predicted octanol–water partition coefficient (Wildman–Crippen LogP) is 2.39. The van der Waals surface area contributed by atoms with Gasteiger partial charge in [0.2, 0.25) is 0 Å². The number of piperidine rings is 1. The molecule has 172 valence electrons. The van der Waals surface area contributed by atoms with Crippen molar-refractivity contribution in [3.8, 4) is 0 Å². The van der Waals surface area contributed by atoms with E-state index in [9.17, 15) is 17.6 Å². The van der Waals surface area contributed by atoms with Crippen LogP contribution >= 0.6 is 0 Å². The Morgan fingerprint density at radius 1 is 1.30 bits per heavy atom. The van der Waals surface area contributed by atoms with Gasteiger partial charge in [0.05, 0.1) is 24.5 Å². The van der Waals surface area contributed by atoms with Crippen molar-refractivity contribution in [2.45, 2.75) is 52.2 Å². The molecule has 2 aliphatic rings. The van der Waals surface area contributed by atoms with Crippen LogP contribution in [0.3, 0.4) is 0 Å². The summed E-state index contributed by atoms with van der Waals surface area (Å²) in [7, 11) is -3.23. The summed E-state index contributed by atoms with van der Waals surface area (Å²) in [4.78, 5) is 21.3. The van der Waals surface area contributed by atoms with Crippen molar-refractivity contribution in [1.82, 2.24) is 15.3 Å². The number of halogens is 1. The number of hydrogen-bond acceptors (Lipinski definition) is 7. The Morgan fingerprint density at radius 3 is 2.50 bits per heavy atom. The normalized spacial score (nSPS) is 20.1. The summed E-state index contributed by atoms with van der Waals surface area (Å²) in [6, 6.07) is 0. The van der Waals surface area contributed by atoms with Gasteiger partial charge in [0.25, 0.3) is 0 Å². The molecule has 1 saturated heterocycles. The van der Waals surface area contributed by atoms with Crippen molar-refractivity contribution < 1.29 is 27.2 Å². The first-order chi connectivity index (χ1) is 14.0. The van der Waals surface area contributed by atoms with E-state index in [4.69, 9.17) is 9.57 Å². The summed E-state index contributed by atoms with van der Waals surface area (Å²) in [6.45, 7) is 7.70. The summed E-state index contributed by atoms with van der Waals surface area (Å²) < 4.78 is 42.1. The van der Waals surface area contributed by atoms with E-state index in [2.05, 4.69) is 5.48 Å². The molecule has 30 heavy (non-hydrogen) atoms. The van der Waals surface area contributed by atoms with E-state index in [1.807, 2.05) is 24.8 Å². The Bertz CT molecular complexity index is 758. The number of carbonyl (C=O) groups is 1. The Labute approximate surface area is 178 Å². The summed E-state index contributed by atoms with van der Waals surface area (Å²) in [5.41, 5.74) is 4.22. The highest BCUT2D eigenvalue weighted by Gasteiger charge is 2.25. The van der Waals surface area contributed by atoms with Crippen LogP contribution in [-0.2, 0) is 19.4 Å². The minimum absolute atomic E-state index is 0.0195. The van der Waals surface area contributed by atoms with Crippen molar-refractivity contribution >= 4 is 15.9 Å². The fourth-order valence-electron chi connectivity index (χ4n) is 3.34. The Morgan fingerprint density at radius 2 is 1.97 bits per heavy atom. The number of amides is 1. The highest BCUT2D eigenvalue weighted by molar-refractivity contribution is 7.90. The van der Waals surface area contributed by atoms with Crippen molar-refractivity contribution in [1.29, 1.82) is 0 Å². The lowest BCUT2D eigenvalue weighted by Crippen LogP contribution is -2.43. The molecule has 0 spiro atoms. The van der Waals surface area contributed by atoms with Gasteiger partial charge < -0.3 is 9.64 Å². The Kier molecular flexibility index (Phi) is 9.11. The summed E-state index contributed by atoms with van der Waals surface area (Å²) in [5.74, 6) is -0.638. The third kappa shape index (κ3) is 8.61. The van der Waals surface area contributed by atoms with Gasteiger partial charge in [0, 0.05) is 44.6 Å². The van der Waals surface area contributed by atoms with Gasteiger partial charge in [-0.3, -0.25) is 15.2 Å². The molecule has 2 rings (SSSR count). The number of hydrogen-bond donors (Lipinski definition) is 1. The highest BCUT2D eigenvalue weighted by Crippen LogP contribution is 2.17. The van der Waals surface area contributed by atoms with E-state index in [0.29, 0.717) is 32.6 Å². The molecule has 8 nitrogen and oxygen atoms in total. The van der Waals surface area contributed by atoms with Gasteiger partial charge in [-0.25, -0.2) is 17.6 Å². The molecule has 2 heterocycles. The fourth-order valence-corrected chi connectivity index (χ4v) is 4.28. The number of hydroxylamine groups is 1. The first-order valence-corrected chi connectivity index (χ1v) is 12.4. The van der Waals surface area contributed by atoms with E-state index in [1.165, 1.54) is 6.92 Å². The van der Waals surface area contributed by atoms with E-state index in [-0.39, 0.29) is 42.0 Å². The molecule has 1 N–H and O–H groups in total. The second-order valence-electron chi connectivity index (χ2n) is 8.31. The second-order valence-corrected chi connectivity index (χ2v) is 10.4. The maximum absolute atomic E-state index is 14.2. The lowest BCUT2D eigenvalue weighted by atomic mass is 10.1. The molecule has 0 aromatic heterocycles. The largest absolute Gasteiger partial charge is 0.447 e. The first-order valence-electron chi connectivity index (χ1n) is 10.3. The van der Waals surface area contributed by atoms with Crippen LogP contribution in [0.1, 0.15) is 40.0 Å². The molecular weight excluding hydrogens is 413 g/mol. The molecule has 0 atom stereocenters. The van der Waals surface area contributed by atoms with Gasteiger partial charge in [-0.15, -0.1) is 0 Å². The Hall–Kier alpha value is -1.65. The zero-order chi connectivity index (χ0) is 22.3. The summed E-state index contributed by atoms with van der Waals surface area (Å²) in [5, 5.41) is 0. The zero-order valence-electron chi connectivity index (χ0n) is 18.3. The topological polar surface area (TPSA) is 88.2 Å². The minimum atomic E-state index is -3.23. The SMILES string of the molecule is CC(CS(C)(=O)=O)=C(F)CN1CC=C(NOC2CCN(C(=O)OC(C)C)CC2)CC1. The van der Waals surface area contributed by atoms with Gasteiger partial charge in [-0.05, 0) is 45.3 Å². The smallest absolute Gasteiger partial charge is 0.410 e. The van der Waals surface area contributed by atoms with Gasteiger partial charge >= 0.3 is 6.09 Å². The van der Waals surface area contributed by atoms with E-state index < -0.39 is 9.84 Å². The number of sulfone groups is 1. The molecule has 1 fully saturated rings. The average Bonchev–Trinajstić information content (AvgIpc) is 2.66. The first kappa shape index (κ1) is 24.6. The molecule has 0 bridgehead atoms. The molecule has 1 amide bonds. The number of nitrogens with one attached hydrogen (secondary N) is 1. The third-order valence-electron chi connectivity index (χ3n) is 4.99. The van der Waals surface area contributed by atoms with Crippen LogP contribution in [0, 0.1) is 0 Å². The second kappa shape index (κ2) is 11.1. The van der Waals surface area contributed by atoms with Crippen molar-refractivity contribution in [2.75, 3.05) is 44.7 Å². The summed E-state index contributed by atoms with van der Waals surface area (Å²) >= 11 is 0. The zero-order valence-corrected chi connectivity index (χ0v) is 19.1. The van der Waals surface area contributed by atoms with Crippen molar-refractivity contribution in [3.63, 3.8) is 0 Å². The quantitative estimate of drug-likeness (QED) is 0.572. The molecular formula is C20H34FN3O5S. The van der Waals surface area contributed by atoms with Crippen LogP contribution in [0.15, 0.2) is 23.2 Å². The monoisotopic (exact) mass is 447 g/mol. The maximum atomic E-state index is 14.2. The van der Waals surface area contributed by atoms with Crippen LogP contribution in [0.2, 0.25) is 0 Å². The number of nitrogens with zero attached hydrogens (tertiary/aromatic N) is 2. The average molecular weight is 448 g/mol. The van der Waals surface area contributed by atoms with Gasteiger partial charge in [-0.2, -0.15) is 0 Å². The number of ether oxygens (including phenoxy) is 1. The molecule has 0 aromatic carbocycles. The fraction of sp³-hybridized carbons (Fsp3) is 0.750. The predicted molar refractivity (Wildman–Crippen MR) is 113 cm³/mol. The number of carbonyl (C=O) groups excluding carboxylic acids is 1. The molecule has 10 heteroatoms. The molecule has 0 aromatic rings. The van der Waals surface area contributed by atoms with E-state index in [0.717, 1.165) is 24.8 Å². The van der Waals surface area contributed by atoms with Gasteiger partial charge in [0.15, 0.2) is 9.84 Å². The molecule has 2 aliphatic heterocycles. The minimum Gasteiger partial charge on any atom is -0.447 e. The van der Waals surface area contributed by atoms with Crippen LogP contribution in [-0.4, -0.2) is 81.3 Å². The maximum Gasteiger partial charge on any atom is 0.410 e. The van der Waals surface area contributed by atoms with E-state index in [1.54, 1.807) is 4.90 Å². The third-order valence-corrected chi connectivity index (χ3v) is 5.95. The number of likely N-dealkylation sites (tertiary alicyclic amines) is 1. The van der Waals surface area contributed by atoms with Crippen molar-refractivity contribution in [3.05, 3.63) is 23.2 Å². The number of rotatable bonds is 8. The van der Waals surface area contributed by atoms with Crippen LogP contribution in [0.4, 0.5) is 9.18 Å². The molecule has 0 unspecified atom stereocenters. The molecule has 0 radical (unpaired) electrons. The summed E-state index contributed by atoms with van der Waals surface area (Å²) in [6.07, 6.45) is 4.83. The lowest BCUT2D eigenvalue weighted by molar-refractivity contribution is -0.0424. The standard InChI is InChI=1S/C20H34FN3O5S/c1-15(2)28-20(25)24-11-7-18(8-12-24)29-22-17-5-9-23(10-6-17)13-19(21)16(3)14-30(4,26)27/h5,15,18,22H,6-14H2,1-4H3.